The molecular formula is C35H24ClS2+. The van der Waals surface area contributed by atoms with Gasteiger partial charge in [0.15, 0.2) is 0 Å². The average Bonchev–Trinajstić information content (AvgIpc) is 3.00. The van der Waals surface area contributed by atoms with Gasteiger partial charge in [-0.1, -0.05) is 120 Å². The van der Waals surface area contributed by atoms with Crippen LogP contribution in [0.3, 0.4) is 0 Å². The van der Waals surface area contributed by atoms with Gasteiger partial charge in [0.05, 0.1) is 5.03 Å². The Labute approximate surface area is 237 Å². The van der Waals surface area contributed by atoms with Crippen LogP contribution in [0.2, 0.25) is 0 Å². The second-order valence-corrected chi connectivity index (χ2v) is 11.5. The second-order valence-electron chi connectivity index (χ2n) is 8.94. The smallest absolute Gasteiger partial charge is 0.0872 e. The molecule has 0 aliphatic carbocycles. The summed E-state index contributed by atoms with van der Waals surface area (Å²) < 4.78 is 0. The van der Waals surface area contributed by atoms with Gasteiger partial charge in [-0.05, 0) is 58.7 Å². The highest BCUT2D eigenvalue weighted by Gasteiger charge is 2.22. The van der Waals surface area contributed by atoms with Gasteiger partial charge in [0.1, 0.15) is 0 Å². The molecule has 0 radical (unpaired) electrons. The summed E-state index contributed by atoms with van der Waals surface area (Å²) in [6, 6.07) is 46.6. The first-order valence-corrected chi connectivity index (χ1v) is 14.5. The van der Waals surface area contributed by atoms with Crippen molar-refractivity contribution in [2.24, 2.45) is 0 Å². The Morgan fingerprint density at radius 3 is 1.50 bits per heavy atom. The monoisotopic (exact) mass is 543 g/mol. The molecule has 0 N–H and O–H groups in total. The van der Waals surface area contributed by atoms with Crippen molar-refractivity contribution in [3.8, 4) is 20.9 Å². The summed E-state index contributed by atoms with van der Waals surface area (Å²) in [4.78, 5) is 4.70. The minimum atomic E-state index is 0.774. The number of halogens is 1. The van der Waals surface area contributed by atoms with E-state index in [0.717, 1.165) is 26.6 Å². The highest BCUT2D eigenvalue weighted by molar-refractivity contribution is 8.16. The van der Waals surface area contributed by atoms with E-state index in [1.807, 2.05) is 6.07 Å². The number of benzene rings is 4. The Morgan fingerprint density at radius 1 is 0.553 bits per heavy atom. The van der Waals surface area contributed by atoms with E-state index < -0.39 is 0 Å². The summed E-state index contributed by atoms with van der Waals surface area (Å²) in [5.41, 5.74) is 6.86. The van der Waals surface area contributed by atoms with E-state index in [1.54, 1.807) is 23.1 Å². The van der Waals surface area contributed by atoms with Crippen molar-refractivity contribution in [3.63, 3.8) is 0 Å². The summed E-state index contributed by atoms with van der Waals surface area (Å²) in [6.07, 6.45) is 4.44. The van der Waals surface area contributed by atoms with Gasteiger partial charge in [0, 0.05) is 33.1 Å². The predicted octanol–water partition coefficient (Wildman–Crippen LogP) is 11.1. The first kappa shape index (κ1) is 24.6. The van der Waals surface area contributed by atoms with Crippen LogP contribution in [0.15, 0.2) is 150 Å². The maximum Gasteiger partial charge on any atom is 0.239 e. The fraction of sp³-hybridized carbons (Fsp3) is 0. The molecular weight excluding hydrogens is 520 g/mol. The molecule has 0 bridgehead atoms. The van der Waals surface area contributed by atoms with Crippen molar-refractivity contribution in [2.75, 3.05) is 0 Å². The Hall–Kier alpha value is -3.69. The van der Waals surface area contributed by atoms with Crippen LogP contribution in [0.4, 0.5) is 0 Å². The largest absolute Gasteiger partial charge is 0.239 e. The summed E-state index contributed by atoms with van der Waals surface area (Å²) >= 11 is 10.7. The molecule has 6 rings (SSSR count). The maximum absolute atomic E-state index is 7.15. The molecule has 182 valence electrons. The normalized spacial score (nSPS) is 14.4. The van der Waals surface area contributed by atoms with Gasteiger partial charge in [0.25, 0.3) is 0 Å². The van der Waals surface area contributed by atoms with E-state index in [2.05, 4.69) is 140 Å². The van der Waals surface area contributed by atoms with Crippen LogP contribution in [0, 0.1) is 0 Å². The lowest BCUT2D eigenvalue weighted by Gasteiger charge is -2.20. The summed E-state index contributed by atoms with van der Waals surface area (Å²) in [7, 11) is 0. The maximum atomic E-state index is 7.15. The molecule has 0 nitrogen and oxygen atoms in total. The van der Waals surface area contributed by atoms with Crippen LogP contribution in [0.1, 0.15) is 16.7 Å². The molecule has 3 heteroatoms. The summed E-state index contributed by atoms with van der Waals surface area (Å²) in [6.45, 7) is 0. The summed E-state index contributed by atoms with van der Waals surface area (Å²) in [5.74, 6) is 0. The highest BCUT2D eigenvalue weighted by atomic mass is 35.5. The van der Waals surface area contributed by atoms with Crippen molar-refractivity contribution in [1.82, 2.24) is 0 Å². The third kappa shape index (κ3) is 5.44. The SMILES string of the molecule is ClC1=C(c2ccccc2)SC(c2ccccc2)=CC1=Cc1cc(-c2ccccc2)[s+]c(-c2ccccc2)c1. The van der Waals surface area contributed by atoms with Crippen molar-refractivity contribution in [1.29, 1.82) is 0 Å². The number of thioether (sulfide) groups is 1. The van der Waals surface area contributed by atoms with Crippen LogP contribution in [0.5, 0.6) is 0 Å². The van der Waals surface area contributed by atoms with E-state index in [4.69, 9.17) is 11.6 Å². The molecule has 1 aliphatic rings. The quantitative estimate of drug-likeness (QED) is 0.199. The fourth-order valence-corrected chi connectivity index (χ4v) is 7.01. The Bertz CT molecular complexity index is 1600. The minimum absolute atomic E-state index is 0.774. The number of hydrogen-bond acceptors (Lipinski definition) is 1. The van der Waals surface area contributed by atoms with Gasteiger partial charge in [-0.15, -0.1) is 0 Å². The summed E-state index contributed by atoms with van der Waals surface area (Å²) in [5, 5.41) is 0.774. The third-order valence-electron chi connectivity index (χ3n) is 6.30. The Morgan fingerprint density at radius 2 is 1.00 bits per heavy atom. The van der Waals surface area contributed by atoms with Crippen LogP contribution in [-0.4, -0.2) is 0 Å². The average molecular weight is 544 g/mol. The van der Waals surface area contributed by atoms with E-state index in [9.17, 15) is 0 Å². The molecule has 0 atom stereocenters. The van der Waals surface area contributed by atoms with Gasteiger partial charge in [-0.2, -0.15) is 0 Å². The fourth-order valence-electron chi connectivity index (χ4n) is 4.42. The number of hydrogen-bond donors (Lipinski definition) is 0. The molecule has 38 heavy (non-hydrogen) atoms. The zero-order valence-corrected chi connectivity index (χ0v) is 22.9. The van der Waals surface area contributed by atoms with Crippen molar-refractivity contribution in [3.05, 3.63) is 167 Å². The van der Waals surface area contributed by atoms with Gasteiger partial charge < -0.3 is 0 Å². The Balaban J connectivity index is 1.53. The first-order chi connectivity index (χ1) is 18.7. The van der Waals surface area contributed by atoms with Crippen molar-refractivity contribution in [2.45, 2.75) is 0 Å². The lowest BCUT2D eigenvalue weighted by molar-refractivity contribution is 1.59. The molecule has 0 unspecified atom stereocenters. The first-order valence-electron chi connectivity index (χ1n) is 12.5. The van der Waals surface area contributed by atoms with Crippen molar-refractivity contribution < 1.29 is 0 Å². The van der Waals surface area contributed by atoms with E-state index in [-0.39, 0.29) is 0 Å². The predicted molar refractivity (Wildman–Crippen MR) is 169 cm³/mol. The number of allylic oxidation sites excluding steroid dienone is 3. The molecule has 1 aliphatic heterocycles. The molecule has 0 fully saturated rings. The zero-order valence-electron chi connectivity index (χ0n) is 20.6. The van der Waals surface area contributed by atoms with Gasteiger partial charge in [-0.3, -0.25) is 0 Å². The van der Waals surface area contributed by atoms with Crippen LogP contribution < -0.4 is 0 Å². The van der Waals surface area contributed by atoms with Crippen molar-refractivity contribution >= 4 is 50.6 Å². The van der Waals surface area contributed by atoms with Crippen LogP contribution in [-0.2, 0) is 0 Å². The topological polar surface area (TPSA) is 0 Å². The van der Waals surface area contributed by atoms with Crippen LogP contribution in [0.25, 0.3) is 36.8 Å². The molecule has 5 aromatic rings. The lowest BCUT2D eigenvalue weighted by atomic mass is 10.0. The molecule has 0 saturated carbocycles. The third-order valence-corrected chi connectivity index (χ3v) is 9.18. The van der Waals surface area contributed by atoms with Gasteiger partial charge >= 0.3 is 0 Å². The lowest BCUT2D eigenvalue weighted by Crippen LogP contribution is -1.95. The van der Waals surface area contributed by atoms with Gasteiger partial charge in [0.2, 0.25) is 21.1 Å². The molecule has 2 heterocycles. The molecule has 0 amide bonds. The van der Waals surface area contributed by atoms with E-state index in [0.29, 0.717) is 0 Å². The van der Waals surface area contributed by atoms with E-state index >= 15 is 0 Å². The standard InChI is InChI=1S/C35H24ClS2/c36-34-30(24-33(28-17-9-3-10-18-28)38-35(34)29-19-11-4-12-20-29)21-25-22-31(26-13-5-1-6-14-26)37-32(23-25)27-15-7-2-8-16-27/h1-24H/q+1. The molecule has 0 spiro atoms. The minimum Gasteiger partial charge on any atom is -0.0872 e. The molecule has 4 aromatic carbocycles. The highest BCUT2D eigenvalue weighted by Crippen LogP contribution is 2.49. The molecule has 1 aromatic heterocycles. The van der Waals surface area contributed by atoms with Gasteiger partial charge in [-0.25, -0.2) is 0 Å². The Kier molecular flexibility index (Phi) is 7.37. The van der Waals surface area contributed by atoms with Crippen LogP contribution >= 0.6 is 34.7 Å². The molecule has 0 saturated heterocycles. The number of rotatable bonds is 5. The second kappa shape index (κ2) is 11.4. The van der Waals surface area contributed by atoms with E-state index in [1.165, 1.54) is 31.3 Å². The zero-order chi connectivity index (χ0) is 25.7.